The predicted octanol–water partition coefficient (Wildman–Crippen LogP) is 4.92. The summed E-state index contributed by atoms with van der Waals surface area (Å²) >= 11 is 1.83. The number of thioether (sulfide) groups is 1. The van der Waals surface area contributed by atoms with Gasteiger partial charge in [-0.15, -0.1) is 11.8 Å². The van der Waals surface area contributed by atoms with E-state index in [1.807, 2.05) is 66.4 Å². The fourth-order valence-corrected chi connectivity index (χ4v) is 3.51. The Bertz CT molecular complexity index is 753. The molecule has 0 radical (unpaired) electrons. The zero-order valence-corrected chi connectivity index (χ0v) is 14.2. The second-order valence-corrected chi connectivity index (χ2v) is 6.60. The molecule has 0 aromatic heterocycles. The van der Waals surface area contributed by atoms with Gasteiger partial charge in [0, 0.05) is 10.5 Å². The van der Waals surface area contributed by atoms with Crippen molar-refractivity contribution in [2.24, 2.45) is 5.16 Å². The first kappa shape index (κ1) is 16.5. The minimum Gasteiger partial charge on any atom is -0.318 e. The quantitative estimate of drug-likeness (QED) is 0.587. The molecule has 1 aliphatic rings. The molecule has 1 heterocycles. The molecule has 4 heteroatoms. The normalized spacial score (nSPS) is 15.9. The third-order valence-electron chi connectivity index (χ3n) is 3.67. The molecule has 0 fully saturated rings. The smallest absolute Gasteiger partial charge is 0.318 e. The lowest BCUT2D eigenvalue weighted by Gasteiger charge is -2.06. The number of carbonyl (C=O) groups excluding carboxylic acids is 1. The van der Waals surface area contributed by atoms with E-state index in [2.05, 4.69) is 11.2 Å². The van der Waals surface area contributed by atoms with E-state index in [1.54, 1.807) is 6.08 Å². The Morgan fingerprint density at radius 1 is 1.12 bits per heavy atom. The summed E-state index contributed by atoms with van der Waals surface area (Å²) in [5.41, 5.74) is 3.00. The van der Waals surface area contributed by atoms with Crippen LogP contribution in [0.3, 0.4) is 0 Å². The fourth-order valence-electron chi connectivity index (χ4n) is 2.48. The second-order valence-electron chi connectivity index (χ2n) is 5.47. The van der Waals surface area contributed by atoms with Gasteiger partial charge < -0.3 is 4.84 Å². The SMILES string of the molecule is O=C(C/C=C/c1ccccc1)O/N=C1/CCCSc2ccccc21. The van der Waals surface area contributed by atoms with Crippen LogP contribution in [0.25, 0.3) is 6.08 Å². The molecular formula is C20H19NO2S. The molecule has 0 atom stereocenters. The number of hydrogen-bond acceptors (Lipinski definition) is 4. The van der Waals surface area contributed by atoms with E-state index in [0.717, 1.165) is 35.4 Å². The van der Waals surface area contributed by atoms with Gasteiger partial charge in [-0.05, 0) is 30.2 Å². The Hall–Kier alpha value is -2.33. The van der Waals surface area contributed by atoms with Crippen molar-refractivity contribution in [3.8, 4) is 0 Å². The zero-order chi connectivity index (χ0) is 16.6. The van der Waals surface area contributed by atoms with Crippen LogP contribution in [0.4, 0.5) is 0 Å². The zero-order valence-electron chi connectivity index (χ0n) is 13.4. The van der Waals surface area contributed by atoms with Crippen LogP contribution in [0, 0.1) is 0 Å². The monoisotopic (exact) mass is 337 g/mol. The molecule has 0 bridgehead atoms. The Kier molecular flexibility index (Phi) is 5.85. The van der Waals surface area contributed by atoms with Crippen molar-refractivity contribution in [1.82, 2.24) is 0 Å². The van der Waals surface area contributed by atoms with Crippen LogP contribution in [-0.2, 0) is 9.63 Å². The highest BCUT2D eigenvalue weighted by atomic mass is 32.2. The predicted molar refractivity (Wildman–Crippen MR) is 99.1 cm³/mol. The Morgan fingerprint density at radius 3 is 2.79 bits per heavy atom. The summed E-state index contributed by atoms with van der Waals surface area (Å²) in [5, 5.41) is 4.13. The summed E-state index contributed by atoms with van der Waals surface area (Å²) in [6.07, 6.45) is 5.78. The van der Waals surface area contributed by atoms with Gasteiger partial charge in [-0.25, -0.2) is 4.79 Å². The summed E-state index contributed by atoms with van der Waals surface area (Å²) in [4.78, 5) is 18.2. The standard InChI is InChI=1S/C20H19NO2S/c22-20(14-6-10-16-8-2-1-3-9-16)23-21-18-12-7-15-24-19-13-5-4-11-17(18)19/h1-6,8-11,13H,7,12,14-15H2/b10-6+,21-18-. The lowest BCUT2D eigenvalue weighted by Crippen LogP contribution is -2.05. The highest BCUT2D eigenvalue weighted by molar-refractivity contribution is 7.99. The van der Waals surface area contributed by atoms with Crippen molar-refractivity contribution in [3.05, 3.63) is 71.8 Å². The van der Waals surface area contributed by atoms with Gasteiger partial charge in [0.05, 0.1) is 12.1 Å². The third-order valence-corrected chi connectivity index (χ3v) is 4.83. The lowest BCUT2D eigenvalue weighted by molar-refractivity contribution is -0.142. The summed E-state index contributed by atoms with van der Waals surface area (Å²) in [5.74, 6) is 0.716. The molecule has 3 rings (SSSR count). The van der Waals surface area contributed by atoms with Gasteiger partial charge in [0.2, 0.25) is 0 Å². The molecule has 0 N–H and O–H groups in total. The molecular weight excluding hydrogens is 318 g/mol. The minimum absolute atomic E-state index is 0.210. The molecule has 0 saturated heterocycles. The number of fused-ring (bicyclic) bond motifs is 1. The van der Waals surface area contributed by atoms with Gasteiger partial charge >= 0.3 is 5.97 Å². The van der Waals surface area contributed by atoms with Crippen molar-refractivity contribution in [2.75, 3.05) is 5.75 Å². The van der Waals surface area contributed by atoms with E-state index in [4.69, 9.17) is 4.84 Å². The maximum absolute atomic E-state index is 11.9. The number of hydrogen-bond donors (Lipinski definition) is 0. The average Bonchev–Trinajstić information content (AvgIpc) is 2.83. The minimum atomic E-state index is -0.343. The number of rotatable bonds is 4. The average molecular weight is 337 g/mol. The van der Waals surface area contributed by atoms with E-state index >= 15 is 0 Å². The highest BCUT2D eigenvalue weighted by Gasteiger charge is 2.15. The van der Waals surface area contributed by atoms with Crippen molar-refractivity contribution < 1.29 is 9.63 Å². The highest BCUT2D eigenvalue weighted by Crippen LogP contribution is 2.29. The van der Waals surface area contributed by atoms with Gasteiger partial charge in [0.1, 0.15) is 0 Å². The van der Waals surface area contributed by atoms with Crippen molar-refractivity contribution in [2.45, 2.75) is 24.2 Å². The molecule has 0 unspecified atom stereocenters. The van der Waals surface area contributed by atoms with Gasteiger partial charge in [-0.3, -0.25) is 0 Å². The Labute approximate surface area is 146 Å². The Morgan fingerprint density at radius 2 is 1.92 bits per heavy atom. The summed E-state index contributed by atoms with van der Waals surface area (Å²) in [6, 6.07) is 18.0. The number of oxime groups is 1. The topological polar surface area (TPSA) is 38.7 Å². The first-order chi connectivity index (χ1) is 11.8. The number of benzene rings is 2. The maximum Gasteiger partial charge on any atom is 0.338 e. The molecule has 0 amide bonds. The number of carbonyl (C=O) groups is 1. The van der Waals surface area contributed by atoms with Crippen LogP contribution in [0.5, 0.6) is 0 Å². The molecule has 122 valence electrons. The van der Waals surface area contributed by atoms with Crippen LogP contribution in [0.1, 0.15) is 30.4 Å². The first-order valence-electron chi connectivity index (χ1n) is 8.03. The molecule has 24 heavy (non-hydrogen) atoms. The van der Waals surface area contributed by atoms with Crippen molar-refractivity contribution in [3.63, 3.8) is 0 Å². The molecule has 0 aliphatic carbocycles. The molecule has 0 saturated carbocycles. The van der Waals surface area contributed by atoms with Crippen LogP contribution in [-0.4, -0.2) is 17.4 Å². The van der Waals surface area contributed by atoms with Gasteiger partial charge in [0.25, 0.3) is 0 Å². The first-order valence-corrected chi connectivity index (χ1v) is 9.02. The number of nitrogens with zero attached hydrogens (tertiary/aromatic N) is 1. The van der Waals surface area contributed by atoms with Crippen molar-refractivity contribution >= 4 is 29.5 Å². The summed E-state index contributed by atoms with van der Waals surface area (Å²) in [6.45, 7) is 0. The van der Waals surface area contributed by atoms with Gasteiger partial charge in [-0.1, -0.05) is 65.8 Å². The van der Waals surface area contributed by atoms with Crippen molar-refractivity contribution in [1.29, 1.82) is 0 Å². The van der Waals surface area contributed by atoms with E-state index in [0.29, 0.717) is 0 Å². The molecule has 1 aliphatic heterocycles. The third kappa shape index (κ3) is 4.59. The lowest BCUT2D eigenvalue weighted by atomic mass is 10.1. The maximum atomic E-state index is 11.9. The van der Waals surface area contributed by atoms with E-state index in [1.165, 1.54) is 4.90 Å². The fraction of sp³-hybridized carbons (Fsp3) is 0.200. The van der Waals surface area contributed by atoms with E-state index in [9.17, 15) is 4.79 Å². The van der Waals surface area contributed by atoms with Crippen LogP contribution in [0.15, 0.2) is 70.7 Å². The largest absolute Gasteiger partial charge is 0.338 e. The van der Waals surface area contributed by atoms with E-state index < -0.39 is 0 Å². The Balaban J connectivity index is 1.61. The second kappa shape index (κ2) is 8.50. The van der Waals surface area contributed by atoms with Crippen LogP contribution < -0.4 is 0 Å². The van der Waals surface area contributed by atoms with Gasteiger partial charge in [0.15, 0.2) is 0 Å². The van der Waals surface area contributed by atoms with Gasteiger partial charge in [-0.2, -0.15) is 0 Å². The molecule has 2 aromatic carbocycles. The summed E-state index contributed by atoms with van der Waals surface area (Å²) in [7, 11) is 0. The summed E-state index contributed by atoms with van der Waals surface area (Å²) < 4.78 is 0. The molecule has 3 nitrogen and oxygen atoms in total. The van der Waals surface area contributed by atoms with Crippen LogP contribution in [0.2, 0.25) is 0 Å². The van der Waals surface area contributed by atoms with E-state index in [-0.39, 0.29) is 12.4 Å². The van der Waals surface area contributed by atoms with Crippen LogP contribution >= 0.6 is 11.8 Å². The molecule has 2 aromatic rings. The molecule has 0 spiro atoms.